The van der Waals surface area contributed by atoms with Gasteiger partial charge in [0, 0.05) is 11.5 Å². The quantitative estimate of drug-likeness (QED) is 0.852. The average Bonchev–Trinajstić information content (AvgIpc) is 2.63. The van der Waals surface area contributed by atoms with E-state index in [1.54, 1.807) is 0 Å². The molecule has 16 heavy (non-hydrogen) atoms. The molecule has 2 saturated carbocycles. The minimum absolute atomic E-state index is 0.550. The lowest BCUT2D eigenvalue weighted by atomic mass is 9.98. The predicted octanol–water partition coefficient (Wildman–Crippen LogP) is 2.97. The van der Waals surface area contributed by atoms with E-state index in [9.17, 15) is 0 Å². The minimum Gasteiger partial charge on any atom is -0.367 e. The highest BCUT2D eigenvalue weighted by Gasteiger charge is 2.55. The van der Waals surface area contributed by atoms with Crippen molar-refractivity contribution < 1.29 is 4.52 Å². The zero-order valence-corrected chi connectivity index (χ0v) is 10.1. The number of aromatic nitrogens is 1. The zero-order chi connectivity index (χ0) is 11.3. The minimum atomic E-state index is 0.550. The summed E-state index contributed by atoms with van der Waals surface area (Å²) in [5, 5.41) is 4.21. The Morgan fingerprint density at radius 2 is 2.06 bits per heavy atom. The molecule has 0 spiro atoms. The van der Waals surface area contributed by atoms with Crippen LogP contribution < -0.4 is 5.73 Å². The van der Waals surface area contributed by atoms with Crippen LogP contribution in [0.15, 0.2) is 4.52 Å². The number of nitrogens with zero attached hydrogens (tertiary/aromatic N) is 1. The first-order valence-electron chi connectivity index (χ1n) is 6.42. The van der Waals surface area contributed by atoms with Crippen LogP contribution >= 0.6 is 0 Å². The molecule has 0 bridgehead atoms. The van der Waals surface area contributed by atoms with Crippen molar-refractivity contribution in [3.05, 3.63) is 11.3 Å². The Labute approximate surface area is 96.4 Å². The van der Waals surface area contributed by atoms with Crippen molar-refractivity contribution in [3.8, 4) is 0 Å². The maximum atomic E-state index is 5.88. The van der Waals surface area contributed by atoms with Gasteiger partial charge in [0.1, 0.15) is 0 Å². The van der Waals surface area contributed by atoms with Crippen LogP contribution in [0.1, 0.15) is 50.3 Å². The molecule has 0 saturated heterocycles. The van der Waals surface area contributed by atoms with Gasteiger partial charge < -0.3 is 10.3 Å². The monoisotopic (exact) mass is 220 g/mol. The van der Waals surface area contributed by atoms with E-state index in [1.807, 2.05) is 0 Å². The van der Waals surface area contributed by atoms with E-state index in [1.165, 1.54) is 30.5 Å². The molecule has 0 amide bonds. The molecule has 2 fully saturated rings. The molecule has 2 aliphatic carbocycles. The van der Waals surface area contributed by atoms with E-state index >= 15 is 0 Å². The van der Waals surface area contributed by atoms with Crippen LogP contribution in [-0.2, 0) is 6.42 Å². The van der Waals surface area contributed by atoms with E-state index in [-0.39, 0.29) is 0 Å². The molecule has 2 N–H and O–H groups in total. The molecule has 3 rings (SSSR count). The third-order valence-electron chi connectivity index (χ3n) is 4.18. The molecular formula is C13H20N2O. The number of rotatable bonds is 3. The van der Waals surface area contributed by atoms with Gasteiger partial charge in [0.25, 0.3) is 0 Å². The second-order valence-corrected chi connectivity index (χ2v) is 5.79. The fourth-order valence-corrected chi connectivity index (χ4v) is 3.44. The average molecular weight is 220 g/mol. The molecule has 88 valence electrons. The van der Waals surface area contributed by atoms with Crippen molar-refractivity contribution in [2.24, 2.45) is 17.8 Å². The van der Waals surface area contributed by atoms with Crippen LogP contribution in [0.4, 0.5) is 5.88 Å². The molecule has 0 aliphatic heterocycles. The molecule has 1 aromatic heterocycles. The Morgan fingerprint density at radius 3 is 2.69 bits per heavy atom. The van der Waals surface area contributed by atoms with Gasteiger partial charge in [0.15, 0.2) is 0 Å². The fourth-order valence-electron chi connectivity index (χ4n) is 3.44. The van der Waals surface area contributed by atoms with Gasteiger partial charge >= 0.3 is 0 Å². The molecule has 3 heteroatoms. The summed E-state index contributed by atoms with van der Waals surface area (Å²) in [5.74, 6) is 3.60. The van der Waals surface area contributed by atoms with Crippen LogP contribution in [0.25, 0.3) is 0 Å². The van der Waals surface area contributed by atoms with E-state index in [4.69, 9.17) is 10.3 Å². The summed E-state index contributed by atoms with van der Waals surface area (Å²) >= 11 is 0. The van der Waals surface area contributed by atoms with Crippen LogP contribution in [0, 0.1) is 17.8 Å². The van der Waals surface area contributed by atoms with Gasteiger partial charge in [-0.1, -0.05) is 25.4 Å². The Kier molecular flexibility index (Phi) is 2.23. The largest absolute Gasteiger partial charge is 0.367 e. The first kappa shape index (κ1) is 10.2. The van der Waals surface area contributed by atoms with Gasteiger partial charge in [-0.3, -0.25) is 0 Å². The Morgan fingerprint density at radius 1 is 1.38 bits per heavy atom. The second kappa shape index (κ2) is 3.51. The summed E-state index contributed by atoms with van der Waals surface area (Å²) < 4.78 is 5.19. The van der Waals surface area contributed by atoms with E-state index in [0.29, 0.717) is 17.7 Å². The summed E-state index contributed by atoms with van der Waals surface area (Å²) in [5.41, 5.74) is 8.25. The molecule has 2 atom stereocenters. The zero-order valence-electron chi connectivity index (χ0n) is 10.1. The van der Waals surface area contributed by atoms with E-state index < -0.39 is 0 Å². The van der Waals surface area contributed by atoms with Crippen molar-refractivity contribution in [2.45, 2.75) is 45.4 Å². The van der Waals surface area contributed by atoms with Crippen molar-refractivity contribution in [3.63, 3.8) is 0 Å². The first-order valence-corrected chi connectivity index (χ1v) is 6.42. The molecule has 2 aliphatic rings. The standard InChI is InChI=1S/C13H20N2O/c1-7(2)6-10-12(15-16-13(10)14)11-8-4-3-5-9(8)11/h7-9,11H,3-6,14H2,1-2H3. The van der Waals surface area contributed by atoms with Crippen LogP contribution in [0.3, 0.4) is 0 Å². The van der Waals surface area contributed by atoms with Gasteiger partial charge in [-0.15, -0.1) is 0 Å². The maximum Gasteiger partial charge on any atom is 0.225 e. The summed E-state index contributed by atoms with van der Waals surface area (Å²) in [6.07, 6.45) is 5.16. The SMILES string of the molecule is CC(C)Cc1c(C2C3CCCC32)noc1N. The van der Waals surface area contributed by atoms with Gasteiger partial charge in [-0.25, -0.2) is 0 Å². The summed E-state index contributed by atoms with van der Waals surface area (Å²) in [7, 11) is 0. The van der Waals surface area contributed by atoms with Crippen molar-refractivity contribution in [1.29, 1.82) is 0 Å². The van der Waals surface area contributed by atoms with Gasteiger partial charge in [-0.2, -0.15) is 0 Å². The third-order valence-corrected chi connectivity index (χ3v) is 4.18. The van der Waals surface area contributed by atoms with Crippen LogP contribution in [-0.4, -0.2) is 5.16 Å². The fraction of sp³-hybridized carbons (Fsp3) is 0.769. The van der Waals surface area contributed by atoms with Crippen LogP contribution in [0.2, 0.25) is 0 Å². The summed E-state index contributed by atoms with van der Waals surface area (Å²) in [6, 6.07) is 0. The predicted molar refractivity (Wildman–Crippen MR) is 63.0 cm³/mol. The number of nitrogen functional groups attached to an aromatic ring is 1. The number of nitrogens with two attached hydrogens (primary N) is 1. The highest BCUT2D eigenvalue weighted by molar-refractivity contribution is 5.43. The highest BCUT2D eigenvalue weighted by atomic mass is 16.5. The normalized spacial score (nSPS) is 32.1. The lowest BCUT2D eigenvalue weighted by Crippen LogP contribution is -2.01. The molecule has 0 aromatic carbocycles. The van der Waals surface area contributed by atoms with Crippen molar-refractivity contribution >= 4 is 5.88 Å². The highest BCUT2D eigenvalue weighted by Crippen LogP contribution is 2.63. The van der Waals surface area contributed by atoms with Gasteiger partial charge in [-0.05, 0) is 37.0 Å². The van der Waals surface area contributed by atoms with Gasteiger partial charge in [0.2, 0.25) is 5.88 Å². The number of anilines is 1. The number of hydrogen-bond acceptors (Lipinski definition) is 3. The van der Waals surface area contributed by atoms with E-state index in [2.05, 4.69) is 19.0 Å². The molecule has 1 aromatic rings. The smallest absolute Gasteiger partial charge is 0.225 e. The molecule has 0 radical (unpaired) electrons. The number of hydrogen-bond donors (Lipinski definition) is 1. The second-order valence-electron chi connectivity index (χ2n) is 5.79. The molecule has 3 nitrogen and oxygen atoms in total. The molecule has 1 heterocycles. The summed E-state index contributed by atoms with van der Waals surface area (Å²) in [6.45, 7) is 4.42. The lowest BCUT2D eigenvalue weighted by molar-refractivity contribution is 0.424. The van der Waals surface area contributed by atoms with Gasteiger partial charge in [0.05, 0.1) is 5.69 Å². The van der Waals surface area contributed by atoms with E-state index in [0.717, 1.165) is 18.3 Å². The Hall–Kier alpha value is -0.990. The van der Waals surface area contributed by atoms with Crippen molar-refractivity contribution in [2.75, 3.05) is 5.73 Å². The lowest BCUT2D eigenvalue weighted by Gasteiger charge is -2.06. The Bertz CT molecular complexity index is 387. The number of fused-ring (bicyclic) bond motifs is 1. The molecule has 2 unspecified atom stereocenters. The Balaban J connectivity index is 1.85. The first-order chi connectivity index (χ1) is 7.68. The molecular weight excluding hydrogens is 200 g/mol. The third kappa shape index (κ3) is 1.45. The summed E-state index contributed by atoms with van der Waals surface area (Å²) in [4.78, 5) is 0. The topological polar surface area (TPSA) is 52.0 Å². The van der Waals surface area contributed by atoms with Crippen LogP contribution in [0.5, 0.6) is 0 Å². The van der Waals surface area contributed by atoms with Crippen molar-refractivity contribution in [1.82, 2.24) is 5.16 Å². The maximum absolute atomic E-state index is 5.88.